The molecule has 0 aliphatic heterocycles. The quantitative estimate of drug-likeness (QED) is 0.369. The first-order chi connectivity index (χ1) is 12.4. The molecule has 5 aliphatic rings. The monoisotopic (exact) mass is 436 g/mol. The van der Waals surface area contributed by atoms with Crippen molar-refractivity contribution >= 4 is 39.3 Å². The number of aryl methyl sites for hydroxylation is 1. The average molecular weight is 438 g/mol. The number of Topliss-reactive ketones (excluding diaryl/α,β-unsaturated/α-hetero) is 1. The van der Waals surface area contributed by atoms with E-state index in [0.29, 0.717) is 36.2 Å². The number of esters is 1. The first-order valence-electron chi connectivity index (χ1n) is 9.62. The Morgan fingerprint density at radius 1 is 1.12 bits per heavy atom. The van der Waals surface area contributed by atoms with Gasteiger partial charge < -0.3 is 4.74 Å². The van der Waals surface area contributed by atoms with E-state index >= 15 is 0 Å². The molecule has 0 heterocycles. The smallest absolute Gasteiger partial charge is 0.335 e. The molecule has 3 nitrogen and oxygen atoms in total. The maximum absolute atomic E-state index is 13.1. The minimum absolute atomic E-state index is 0.309. The second kappa shape index (κ2) is 5.81. The van der Waals surface area contributed by atoms with Gasteiger partial charge in [0.15, 0.2) is 5.78 Å². The Bertz CT molecular complexity index is 769. The second-order valence-electron chi connectivity index (χ2n) is 8.92. The molecule has 1 atom stereocenters. The maximum atomic E-state index is 13.1. The predicted molar refractivity (Wildman–Crippen MR) is 102 cm³/mol. The van der Waals surface area contributed by atoms with E-state index in [2.05, 4.69) is 15.9 Å². The van der Waals surface area contributed by atoms with E-state index in [-0.39, 0.29) is 11.4 Å². The van der Waals surface area contributed by atoms with E-state index in [1.807, 2.05) is 12.1 Å². The van der Waals surface area contributed by atoms with Crippen LogP contribution in [0.1, 0.15) is 60.9 Å². The normalized spacial score (nSPS) is 40.4. The number of fused-ring (bicyclic) bond motifs is 1. The molecule has 5 heteroatoms. The van der Waals surface area contributed by atoms with Gasteiger partial charge in [-0.25, -0.2) is 4.79 Å². The van der Waals surface area contributed by atoms with Crippen LogP contribution in [0.25, 0.3) is 0 Å². The van der Waals surface area contributed by atoms with Crippen molar-refractivity contribution in [1.82, 2.24) is 0 Å². The highest BCUT2D eigenvalue weighted by molar-refractivity contribution is 9.10. The van der Waals surface area contributed by atoms with Crippen molar-refractivity contribution in [2.75, 3.05) is 0 Å². The zero-order valence-electron chi connectivity index (χ0n) is 14.6. The molecule has 0 amide bonds. The number of hydrogen-bond acceptors (Lipinski definition) is 3. The van der Waals surface area contributed by atoms with Crippen LogP contribution in [-0.2, 0) is 16.0 Å². The van der Waals surface area contributed by atoms with Crippen LogP contribution in [0.3, 0.4) is 0 Å². The van der Waals surface area contributed by atoms with Gasteiger partial charge in [0, 0.05) is 10.0 Å². The lowest BCUT2D eigenvalue weighted by molar-refractivity contribution is -0.188. The standard InChI is InChI=1S/C21H22BrClO3/c22-16-2-1-15-3-4-21(23,18(24)17(15)8-16)19(25)26-20-9-12-5-13(10-20)7-14(6-12)11-20/h1-2,8,12-14H,3-7,9-11H2/t12?,13?,14?,20?,21-/m1/s1. The van der Waals surface area contributed by atoms with E-state index in [4.69, 9.17) is 16.3 Å². The summed E-state index contributed by atoms with van der Waals surface area (Å²) < 4.78 is 6.92. The van der Waals surface area contributed by atoms with E-state index in [1.165, 1.54) is 19.3 Å². The SMILES string of the molecule is O=C(OC12CC3CC(CC(C3)C1)C2)[C@@]1(Cl)CCc2ccc(Br)cc2C1=O. The van der Waals surface area contributed by atoms with E-state index < -0.39 is 10.8 Å². The first-order valence-corrected chi connectivity index (χ1v) is 10.8. The molecule has 4 saturated carbocycles. The second-order valence-corrected chi connectivity index (χ2v) is 10.5. The fraction of sp³-hybridized carbons (Fsp3) is 0.619. The molecule has 0 radical (unpaired) electrons. The highest BCUT2D eigenvalue weighted by Gasteiger charge is 2.56. The van der Waals surface area contributed by atoms with Crippen LogP contribution in [0.2, 0.25) is 0 Å². The summed E-state index contributed by atoms with van der Waals surface area (Å²) in [5.41, 5.74) is 1.13. The highest BCUT2D eigenvalue weighted by atomic mass is 79.9. The van der Waals surface area contributed by atoms with Crippen molar-refractivity contribution in [1.29, 1.82) is 0 Å². The number of hydrogen-bond donors (Lipinski definition) is 0. The predicted octanol–water partition coefficient (Wildman–Crippen LogP) is 5.07. The van der Waals surface area contributed by atoms with Gasteiger partial charge in [-0.1, -0.05) is 33.6 Å². The molecule has 0 spiro atoms. The summed E-state index contributed by atoms with van der Waals surface area (Å²) in [7, 11) is 0. The number of alkyl halides is 1. The van der Waals surface area contributed by atoms with Crippen molar-refractivity contribution in [2.24, 2.45) is 17.8 Å². The van der Waals surface area contributed by atoms with Crippen LogP contribution in [0, 0.1) is 17.8 Å². The lowest BCUT2D eigenvalue weighted by Gasteiger charge is -2.56. The Balaban J connectivity index is 1.41. The van der Waals surface area contributed by atoms with Gasteiger partial charge in [-0.15, -0.1) is 0 Å². The topological polar surface area (TPSA) is 43.4 Å². The van der Waals surface area contributed by atoms with E-state index in [1.54, 1.807) is 6.07 Å². The van der Waals surface area contributed by atoms with Crippen molar-refractivity contribution in [3.63, 3.8) is 0 Å². The van der Waals surface area contributed by atoms with Gasteiger partial charge in [-0.2, -0.15) is 0 Å². The van der Waals surface area contributed by atoms with Gasteiger partial charge in [0.1, 0.15) is 5.60 Å². The number of benzene rings is 1. The van der Waals surface area contributed by atoms with E-state index in [0.717, 1.165) is 29.3 Å². The lowest BCUT2D eigenvalue weighted by atomic mass is 9.54. The van der Waals surface area contributed by atoms with Gasteiger partial charge >= 0.3 is 5.97 Å². The highest BCUT2D eigenvalue weighted by Crippen LogP contribution is 2.57. The van der Waals surface area contributed by atoms with Gasteiger partial charge in [-0.05, 0) is 86.8 Å². The Morgan fingerprint density at radius 3 is 2.35 bits per heavy atom. The number of rotatable bonds is 2. The van der Waals surface area contributed by atoms with Gasteiger partial charge in [0.25, 0.3) is 0 Å². The van der Waals surface area contributed by atoms with Crippen molar-refractivity contribution < 1.29 is 14.3 Å². The fourth-order valence-electron chi connectivity index (χ4n) is 6.24. The third kappa shape index (κ3) is 2.59. The largest absolute Gasteiger partial charge is 0.457 e. The molecular weight excluding hydrogens is 416 g/mol. The average Bonchev–Trinajstić information content (AvgIpc) is 2.57. The zero-order chi connectivity index (χ0) is 18.1. The molecule has 4 bridgehead atoms. The molecule has 0 saturated heterocycles. The number of ether oxygens (including phenoxy) is 1. The summed E-state index contributed by atoms with van der Waals surface area (Å²) in [5.74, 6) is 1.21. The van der Waals surface area contributed by atoms with Crippen molar-refractivity contribution in [2.45, 2.75) is 61.8 Å². The fourth-order valence-corrected chi connectivity index (χ4v) is 6.84. The van der Waals surface area contributed by atoms with Crippen molar-refractivity contribution in [3.8, 4) is 0 Å². The summed E-state index contributed by atoms with van der Waals surface area (Å²) in [6.07, 6.45) is 7.63. The Morgan fingerprint density at radius 2 is 1.73 bits per heavy atom. The Kier molecular flexibility index (Phi) is 3.85. The van der Waals surface area contributed by atoms with Crippen LogP contribution in [0.15, 0.2) is 22.7 Å². The van der Waals surface area contributed by atoms with Crippen LogP contribution >= 0.6 is 27.5 Å². The van der Waals surface area contributed by atoms with Gasteiger partial charge in [0.05, 0.1) is 0 Å². The van der Waals surface area contributed by atoms with Crippen LogP contribution in [0.5, 0.6) is 0 Å². The molecule has 26 heavy (non-hydrogen) atoms. The van der Waals surface area contributed by atoms with Crippen LogP contribution in [0.4, 0.5) is 0 Å². The zero-order valence-corrected chi connectivity index (χ0v) is 16.9. The summed E-state index contributed by atoms with van der Waals surface area (Å²) in [4.78, 5) is 24.6. The van der Waals surface area contributed by atoms with Gasteiger partial charge in [-0.3, -0.25) is 4.79 Å². The molecule has 0 aromatic heterocycles. The molecule has 5 aliphatic carbocycles. The Labute approximate surface area is 166 Å². The van der Waals surface area contributed by atoms with E-state index in [9.17, 15) is 9.59 Å². The molecule has 1 aromatic carbocycles. The molecule has 6 rings (SSSR count). The molecule has 0 N–H and O–H groups in total. The third-order valence-electron chi connectivity index (χ3n) is 7.03. The number of ketones is 1. The lowest BCUT2D eigenvalue weighted by Crippen LogP contribution is -2.56. The number of halogens is 2. The third-order valence-corrected chi connectivity index (χ3v) is 8.04. The molecule has 1 aromatic rings. The van der Waals surface area contributed by atoms with Crippen LogP contribution in [-0.4, -0.2) is 22.2 Å². The molecule has 4 fully saturated rings. The number of carbonyl (C=O) groups excluding carboxylic acids is 2. The van der Waals surface area contributed by atoms with Crippen LogP contribution < -0.4 is 0 Å². The summed E-state index contributed by atoms with van der Waals surface area (Å²) in [6.45, 7) is 0. The summed E-state index contributed by atoms with van der Waals surface area (Å²) in [6, 6.07) is 5.62. The Hall–Kier alpha value is -0.870. The van der Waals surface area contributed by atoms with Gasteiger partial charge in [0.2, 0.25) is 4.87 Å². The molecular formula is C21H22BrClO3. The summed E-state index contributed by atoms with van der Waals surface area (Å²) >= 11 is 10.1. The van der Waals surface area contributed by atoms with Crippen molar-refractivity contribution in [3.05, 3.63) is 33.8 Å². The summed E-state index contributed by atoms with van der Waals surface area (Å²) in [5, 5.41) is 0. The minimum atomic E-state index is -1.57. The maximum Gasteiger partial charge on any atom is 0.335 e. The first kappa shape index (κ1) is 17.2. The number of carbonyl (C=O) groups is 2. The minimum Gasteiger partial charge on any atom is -0.457 e. The molecule has 138 valence electrons. The molecule has 0 unspecified atom stereocenters.